The van der Waals surface area contributed by atoms with E-state index >= 15 is 0 Å². The van der Waals surface area contributed by atoms with Gasteiger partial charge in [-0.3, -0.25) is 4.79 Å². The summed E-state index contributed by atoms with van der Waals surface area (Å²) in [4.78, 5) is 13.3. The van der Waals surface area contributed by atoms with Crippen LogP contribution in [-0.2, 0) is 4.79 Å². The third-order valence-electron chi connectivity index (χ3n) is 2.46. The molecule has 1 heterocycles. The first-order valence-electron chi connectivity index (χ1n) is 4.60. The number of amides is 1. The lowest BCUT2D eigenvalue weighted by atomic mass is 10.1. The van der Waals surface area contributed by atoms with E-state index in [4.69, 9.17) is 5.73 Å². The Morgan fingerprint density at radius 2 is 2.08 bits per heavy atom. The molecule has 3 heteroatoms. The molecule has 70 valence electrons. The summed E-state index contributed by atoms with van der Waals surface area (Å²) in [7, 11) is 0. The minimum absolute atomic E-state index is 0.0962. The summed E-state index contributed by atoms with van der Waals surface area (Å²) < 4.78 is 0. The predicted molar refractivity (Wildman–Crippen MR) is 48.7 cm³/mol. The highest BCUT2D eigenvalue weighted by molar-refractivity contribution is 5.79. The lowest BCUT2D eigenvalue weighted by Gasteiger charge is -2.31. The molecule has 12 heavy (non-hydrogen) atoms. The van der Waals surface area contributed by atoms with Crippen molar-refractivity contribution in [3.63, 3.8) is 0 Å². The van der Waals surface area contributed by atoms with Gasteiger partial charge in [-0.1, -0.05) is 0 Å². The monoisotopic (exact) mass is 170 g/mol. The van der Waals surface area contributed by atoms with Crippen molar-refractivity contribution in [2.24, 2.45) is 5.73 Å². The molecule has 1 fully saturated rings. The normalized spacial score (nSPS) is 26.9. The highest BCUT2D eigenvalue weighted by Crippen LogP contribution is 2.22. The number of likely N-dealkylation sites (tertiary alicyclic amines) is 1. The molecule has 1 saturated heterocycles. The third-order valence-corrected chi connectivity index (χ3v) is 2.46. The largest absolute Gasteiger partial charge is 0.336 e. The van der Waals surface area contributed by atoms with Crippen LogP contribution in [0.2, 0.25) is 0 Å². The van der Waals surface area contributed by atoms with Crippen LogP contribution in [0.25, 0.3) is 0 Å². The molecule has 2 unspecified atom stereocenters. The van der Waals surface area contributed by atoms with E-state index in [2.05, 4.69) is 0 Å². The number of carbonyl (C=O) groups excluding carboxylic acids is 1. The first kappa shape index (κ1) is 9.52. The van der Waals surface area contributed by atoms with Crippen molar-refractivity contribution in [3.8, 4) is 0 Å². The fourth-order valence-electron chi connectivity index (χ4n) is 1.91. The Balaban J connectivity index is 2.70. The van der Waals surface area contributed by atoms with E-state index in [-0.39, 0.29) is 24.0 Å². The maximum absolute atomic E-state index is 11.4. The van der Waals surface area contributed by atoms with Crippen molar-refractivity contribution in [1.82, 2.24) is 4.90 Å². The zero-order valence-electron chi connectivity index (χ0n) is 8.08. The molecule has 0 radical (unpaired) electrons. The van der Waals surface area contributed by atoms with E-state index in [0.29, 0.717) is 6.42 Å². The number of nitrogens with zero attached hydrogens (tertiary/aromatic N) is 1. The average Bonchev–Trinajstić information content (AvgIpc) is 2.30. The molecule has 0 saturated carbocycles. The Bertz CT molecular complexity index is 177. The second kappa shape index (κ2) is 3.44. The summed E-state index contributed by atoms with van der Waals surface area (Å²) in [5.41, 5.74) is 5.79. The third kappa shape index (κ3) is 1.61. The zero-order chi connectivity index (χ0) is 9.30. The number of rotatable bonds is 2. The van der Waals surface area contributed by atoms with Gasteiger partial charge in [0.05, 0.1) is 0 Å². The van der Waals surface area contributed by atoms with Gasteiger partial charge in [0, 0.05) is 24.5 Å². The summed E-state index contributed by atoms with van der Waals surface area (Å²) in [6, 6.07) is 0.646. The van der Waals surface area contributed by atoms with Gasteiger partial charge >= 0.3 is 0 Å². The molecule has 0 spiro atoms. The van der Waals surface area contributed by atoms with Gasteiger partial charge in [0.2, 0.25) is 5.91 Å². The lowest BCUT2D eigenvalue weighted by Crippen LogP contribution is -2.47. The standard InChI is InChI=1S/C9H18N2O/c1-6(2)11-8(7(3)10)4-5-9(11)12/h6-8H,4-5,10H2,1-3H3. The Hall–Kier alpha value is -0.570. The Morgan fingerprint density at radius 1 is 1.50 bits per heavy atom. The van der Waals surface area contributed by atoms with Crippen LogP contribution >= 0.6 is 0 Å². The molecular formula is C9H18N2O. The van der Waals surface area contributed by atoms with Crippen molar-refractivity contribution in [2.75, 3.05) is 0 Å². The lowest BCUT2D eigenvalue weighted by molar-refractivity contribution is -0.130. The van der Waals surface area contributed by atoms with E-state index in [1.165, 1.54) is 0 Å². The summed E-state index contributed by atoms with van der Waals surface area (Å²) in [5, 5.41) is 0. The van der Waals surface area contributed by atoms with E-state index in [9.17, 15) is 4.79 Å². The van der Waals surface area contributed by atoms with Gasteiger partial charge in [-0.15, -0.1) is 0 Å². The highest BCUT2D eigenvalue weighted by Gasteiger charge is 2.34. The topological polar surface area (TPSA) is 46.3 Å². The van der Waals surface area contributed by atoms with E-state index in [1.807, 2.05) is 25.7 Å². The van der Waals surface area contributed by atoms with Crippen molar-refractivity contribution in [3.05, 3.63) is 0 Å². The number of nitrogens with two attached hydrogens (primary N) is 1. The van der Waals surface area contributed by atoms with Crippen molar-refractivity contribution in [1.29, 1.82) is 0 Å². The SMILES string of the molecule is CC(N)C1CCC(=O)N1C(C)C. The Morgan fingerprint density at radius 3 is 2.42 bits per heavy atom. The van der Waals surface area contributed by atoms with Crippen LogP contribution in [0.15, 0.2) is 0 Å². The van der Waals surface area contributed by atoms with Crippen molar-refractivity contribution >= 4 is 5.91 Å². The number of carbonyl (C=O) groups is 1. The molecule has 0 aromatic carbocycles. The molecule has 2 atom stereocenters. The average molecular weight is 170 g/mol. The Kier molecular flexibility index (Phi) is 2.73. The number of hydrogen-bond acceptors (Lipinski definition) is 2. The van der Waals surface area contributed by atoms with Gasteiger partial charge in [0.15, 0.2) is 0 Å². The second-order valence-corrected chi connectivity index (χ2v) is 3.86. The van der Waals surface area contributed by atoms with Gasteiger partial charge in [-0.2, -0.15) is 0 Å². The fourth-order valence-corrected chi connectivity index (χ4v) is 1.91. The van der Waals surface area contributed by atoms with Gasteiger partial charge in [-0.25, -0.2) is 0 Å². The van der Waals surface area contributed by atoms with Gasteiger partial charge < -0.3 is 10.6 Å². The van der Waals surface area contributed by atoms with Crippen LogP contribution in [0, 0.1) is 0 Å². The molecule has 1 rings (SSSR count). The molecule has 3 nitrogen and oxygen atoms in total. The quantitative estimate of drug-likeness (QED) is 0.664. The minimum Gasteiger partial charge on any atom is -0.336 e. The smallest absolute Gasteiger partial charge is 0.223 e. The van der Waals surface area contributed by atoms with Crippen LogP contribution in [0.4, 0.5) is 0 Å². The van der Waals surface area contributed by atoms with Crippen LogP contribution in [0.3, 0.4) is 0 Å². The van der Waals surface area contributed by atoms with Gasteiger partial charge in [0.1, 0.15) is 0 Å². The van der Waals surface area contributed by atoms with Crippen LogP contribution in [-0.4, -0.2) is 28.9 Å². The molecule has 1 amide bonds. The predicted octanol–water partition coefficient (Wildman–Crippen LogP) is 0.733. The van der Waals surface area contributed by atoms with E-state index in [1.54, 1.807) is 0 Å². The van der Waals surface area contributed by atoms with E-state index < -0.39 is 0 Å². The van der Waals surface area contributed by atoms with Gasteiger partial charge in [0.25, 0.3) is 0 Å². The molecule has 0 bridgehead atoms. The molecule has 1 aliphatic heterocycles. The molecule has 2 N–H and O–H groups in total. The van der Waals surface area contributed by atoms with Gasteiger partial charge in [-0.05, 0) is 27.2 Å². The fraction of sp³-hybridized carbons (Fsp3) is 0.889. The van der Waals surface area contributed by atoms with Crippen molar-refractivity contribution < 1.29 is 4.79 Å². The van der Waals surface area contributed by atoms with Crippen LogP contribution in [0.5, 0.6) is 0 Å². The second-order valence-electron chi connectivity index (χ2n) is 3.86. The minimum atomic E-state index is 0.0962. The summed E-state index contributed by atoms with van der Waals surface area (Å²) in [6.45, 7) is 6.05. The van der Waals surface area contributed by atoms with Crippen LogP contribution < -0.4 is 5.73 Å². The molecule has 0 aliphatic carbocycles. The molecular weight excluding hydrogens is 152 g/mol. The summed E-state index contributed by atoms with van der Waals surface area (Å²) in [6.07, 6.45) is 1.60. The number of hydrogen-bond donors (Lipinski definition) is 1. The first-order valence-corrected chi connectivity index (χ1v) is 4.60. The van der Waals surface area contributed by atoms with E-state index in [0.717, 1.165) is 6.42 Å². The first-order chi connectivity index (χ1) is 5.54. The molecule has 0 aromatic heterocycles. The highest BCUT2D eigenvalue weighted by atomic mass is 16.2. The molecule has 0 aromatic rings. The van der Waals surface area contributed by atoms with Crippen LogP contribution in [0.1, 0.15) is 33.6 Å². The zero-order valence-corrected chi connectivity index (χ0v) is 8.08. The maximum atomic E-state index is 11.4. The summed E-state index contributed by atoms with van der Waals surface area (Å²) >= 11 is 0. The Labute approximate surface area is 73.9 Å². The maximum Gasteiger partial charge on any atom is 0.223 e. The molecule has 1 aliphatic rings. The van der Waals surface area contributed by atoms with Crippen molar-refractivity contribution in [2.45, 2.75) is 51.7 Å². The summed E-state index contributed by atoms with van der Waals surface area (Å²) in [5.74, 6) is 0.257.